The molecule has 18 heavy (non-hydrogen) atoms. The van der Waals surface area contributed by atoms with Gasteiger partial charge in [0, 0.05) is 6.54 Å². The highest BCUT2D eigenvalue weighted by molar-refractivity contribution is 5.58. The molecule has 0 saturated heterocycles. The molecule has 0 unspecified atom stereocenters. The summed E-state index contributed by atoms with van der Waals surface area (Å²) in [6, 6.07) is 12.2. The lowest BCUT2D eigenvalue weighted by Crippen LogP contribution is -2.02. The maximum absolute atomic E-state index is 13.3. The number of benzene rings is 2. The van der Waals surface area contributed by atoms with E-state index in [0.717, 1.165) is 5.56 Å². The minimum Gasteiger partial charge on any atom is -0.380 e. The standard InChI is InChI=1S/C14H10F2N2/c15-11-6-4-10(5-7-11)9-18-14-3-1-2-13(16)12(14)8-17/h1-7,18H,9H2. The fourth-order valence-electron chi connectivity index (χ4n) is 1.58. The summed E-state index contributed by atoms with van der Waals surface area (Å²) >= 11 is 0. The molecule has 4 heteroatoms. The summed E-state index contributed by atoms with van der Waals surface area (Å²) in [7, 11) is 0. The second-order valence-corrected chi connectivity index (χ2v) is 3.75. The molecule has 0 atom stereocenters. The zero-order valence-electron chi connectivity index (χ0n) is 9.45. The molecule has 0 aliphatic rings. The third-order valence-electron chi connectivity index (χ3n) is 2.52. The van der Waals surface area contributed by atoms with E-state index in [1.54, 1.807) is 18.2 Å². The molecule has 0 aliphatic carbocycles. The van der Waals surface area contributed by atoms with Crippen LogP contribution < -0.4 is 5.32 Å². The fourth-order valence-corrected chi connectivity index (χ4v) is 1.58. The van der Waals surface area contributed by atoms with Crippen LogP contribution in [-0.4, -0.2) is 0 Å². The van der Waals surface area contributed by atoms with Gasteiger partial charge in [0.2, 0.25) is 0 Å². The van der Waals surface area contributed by atoms with Gasteiger partial charge in [-0.15, -0.1) is 0 Å². The smallest absolute Gasteiger partial charge is 0.143 e. The van der Waals surface area contributed by atoms with Gasteiger partial charge in [-0.1, -0.05) is 18.2 Å². The number of halogens is 2. The van der Waals surface area contributed by atoms with Crippen LogP contribution in [0.15, 0.2) is 42.5 Å². The van der Waals surface area contributed by atoms with E-state index < -0.39 is 5.82 Å². The molecule has 1 N–H and O–H groups in total. The second-order valence-electron chi connectivity index (χ2n) is 3.75. The zero-order chi connectivity index (χ0) is 13.0. The van der Waals surface area contributed by atoms with Crippen LogP contribution in [0.25, 0.3) is 0 Å². The lowest BCUT2D eigenvalue weighted by Gasteiger charge is -2.08. The number of hydrogen-bond acceptors (Lipinski definition) is 2. The molecular formula is C14H10F2N2. The Balaban J connectivity index is 2.14. The molecule has 0 saturated carbocycles. The molecule has 0 radical (unpaired) electrons. The molecule has 2 aromatic carbocycles. The molecule has 2 rings (SSSR count). The minimum atomic E-state index is -0.554. The van der Waals surface area contributed by atoms with Crippen molar-refractivity contribution >= 4 is 5.69 Å². The van der Waals surface area contributed by atoms with Crippen LogP contribution in [0, 0.1) is 23.0 Å². The summed E-state index contributed by atoms with van der Waals surface area (Å²) < 4.78 is 26.0. The molecule has 0 aromatic heterocycles. The molecule has 90 valence electrons. The number of hydrogen-bond donors (Lipinski definition) is 1. The van der Waals surface area contributed by atoms with Crippen LogP contribution in [0.4, 0.5) is 14.5 Å². The van der Waals surface area contributed by atoms with E-state index >= 15 is 0 Å². The van der Waals surface area contributed by atoms with Crippen LogP contribution >= 0.6 is 0 Å². The molecule has 0 spiro atoms. The maximum Gasteiger partial charge on any atom is 0.143 e. The van der Waals surface area contributed by atoms with Gasteiger partial charge < -0.3 is 5.32 Å². The average molecular weight is 244 g/mol. The number of nitrogens with zero attached hydrogens (tertiary/aromatic N) is 1. The van der Waals surface area contributed by atoms with E-state index in [1.165, 1.54) is 24.3 Å². The van der Waals surface area contributed by atoms with E-state index in [1.807, 2.05) is 6.07 Å². The van der Waals surface area contributed by atoms with E-state index in [-0.39, 0.29) is 11.4 Å². The van der Waals surface area contributed by atoms with Gasteiger partial charge in [0.05, 0.1) is 5.69 Å². The number of rotatable bonds is 3. The second kappa shape index (κ2) is 5.28. The number of nitrogens with one attached hydrogen (secondary N) is 1. The topological polar surface area (TPSA) is 35.8 Å². The fraction of sp³-hybridized carbons (Fsp3) is 0.0714. The van der Waals surface area contributed by atoms with Crippen LogP contribution in [0.2, 0.25) is 0 Å². The van der Waals surface area contributed by atoms with Gasteiger partial charge >= 0.3 is 0 Å². The Hall–Kier alpha value is -2.41. The van der Waals surface area contributed by atoms with Crippen molar-refractivity contribution in [3.05, 3.63) is 65.2 Å². The summed E-state index contributed by atoms with van der Waals surface area (Å²) in [5.41, 5.74) is 1.27. The van der Waals surface area contributed by atoms with Crippen molar-refractivity contribution in [2.24, 2.45) is 0 Å². The molecule has 0 aliphatic heterocycles. The normalized spacial score (nSPS) is 9.83. The van der Waals surface area contributed by atoms with Gasteiger partial charge in [-0.25, -0.2) is 8.78 Å². The monoisotopic (exact) mass is 244 g/mol. The highest BCUT2D eigenvalue weighted by atomic mass is 19.1. The van der Waals surface area contributed by atoms with Crippen molar-refractivity contribution in [2.45, 2.75) is 6.54 Å². The van der Waals surface area contributed by atoms with Crippen LogP contribution in [0.5, 0.6) is 0 Å². The predicted octanol–water partition coefficient (Wildman–Crippen LogP) is 3.45. The number of anilines is 1. The van der Waals surface area contributed by atoms with E-state index in [4.69, 9.17) is 5.26 Å². The van der Waals surface area contributed by atoms with Crippen molar-refractivity contribution < 1.29 is 8.78 Å². The van der Waals surface area contributed by atoms with Crippen molar-refractivity contribution in [1.82, 2.24) is 0 Å². The highest BCUT2D eigenvalue weighted by Crippen LogP contribution is 2.18. The molecule has 0 bridgehead atoms. The van der Waals surface area contributed by atoms with Gasteiger partial charge in [-0.2, -0.15) is 5.26 Å². The van der Waals surface area contributed by atoms with E-state index in [9.17, 15) is 8.78 Å². The van der Waals surface area contributed by atoms with Gasteiger partial charge in [0.25, 0.3) is 0 Å². The van der Waals surface area contributed by atoms with Crippen molar-refractivity contribution in [1.29, 1.82) is 5.26 Å². The Kier molecular flexibility index (Phi) is 3.54. The molecule has 2 aromatic rings. The van der Waals surface area contributed by atoms with Gasteiger partial charge in [-0.05, 0) is 29.8 Å². The van der Waals surface area contributed by atoms with Gasteiger partial charge in [-0.3, -0.25) is 0 Å². The molecular weight excluding hydrogens is 234 g/mol. The molecule has 0 amide bonds. The van der Waals surface area contributed by atoms with Crippen LogP contribution in [0.3, 0.4) is 0 Å². The predicted molar refractivity (Wildman–Crippen MR) is 64.8 cm³/mol. The summed E-state index contributed by atoms with van der Waals surface area (Å²) in [5, 5.41) is 11.8. The minimum absolute atomic E-state index is 0.0142. The average Bonchev–Trinajstić information content (AvgIpc) is 2.38. The Morgan fingerprint density at radius 1 is 1.06 bits per heavy atom. The Morgan fingerprint density at radius 3 is 2.44 bits per heavy atom. The Morgan fingerprint density at radius 2 is 1.78 bits per heavy atom. The molecule has 2 nitrogen and oxygen atoms in total. The van der Waals surface area contributed by atoms with Crippen molar-refractivity contribution in [3.8, 4) is 6.07 Å². The first-order valence-corrected chi connectivity index (χ1v) is 5.37. The number of nitriles is 1. The summed E-state index contributed by atoms with van der Waals surface area (Å²) in [6.45, 7) is 0.401. The maximum atomic E-state index is 13.3. The largest absolute Gasteiger partial charge is 0.380 e. The highest BCUT2D eigenvalue weighted by Gasteiger charge is 2.06. The van der Waals surface area contributed by atoms with Crippen LogP contribution in [0.1, 0.15) is 11.1 Å². The van der Waals surface area contributed by atoms with Crippen LogP contribution in [-0.2, 0) is 6.54 Å². The van der Waals surface area contributed by atoms with E-state index in [0.29, 0.717) is 12.2 Å². The first-order valence-electron chi connectivity index (χ1n) is 5.37. The van der Waals surface area contributed by atoms with Crippen molar-refractivity contribution in [3.63, 3.8) is 0 Å². The quantitative estimate of drug-likeness (QED) is 0.897. The third-order valence-corrected chi connectivity index (χ3v) is 2.52. The van der Waals surface area contributed by atoms with Crippen molar-refractivity contribution in [2.75, 3.05) is 5.32 Å². The molecule has 0 heterocycles. The third kappa shape index (κ3) is 2.64. The van der Waals surface area contributed by atoms with Gasteiger partial charge in [0.15, 0.2) is 0 Å². The molecule has 0 fully saturated rings. The van der Waals surface area contributed by atoms with E-state index in [2.05, 4.69) is 5.32 Å². The summed E-state index contributed by atoms with van der Waals surface area (Å²) in [6.07, 6.45) is 0. The lowest BCUT2D eigenvalue weighted by molar-refractivity contribution is 0.624. The summed E-state index contributed by atoms with van der Waals surface area (Å²) in [5.74, 6) is -0.858. The summed E-state index contributed by atoms with van der Waals surface area (Å²) in [4.78, 5) is 0. The Labute approximate surface area is 103 Å². The lowest BCUT2D eigenvalue weighted by atomic mass is 10.1. The zero-order valence-corrected chi connectivity index (χ0v) is 9.45. The first kappa shape index (κ1) is 12.1. The SMILES string of the molecule is N#Cc1c(F)cccc1NCc1ccc(F)cc1. The Bertz CT molecular complexity index is 586. The first-order chi connectivity index (χ1) is 8.70. The van der Waals surface area contributed by atoms with Gasteiger partial charge in [0.1, 0.15) is 23.3 Å².